The second-order valence-electron chi connectivity index (χ2n) is 5.49. The fourth-order valence-corrected chi connectivity index (χ4v) is 3.05. The molecule has 0 unspecified atom stereocenters. The summed E-state index contributed by atoms with van der Waals surface area (Å²) in [5, 5.41) is 0. The lowest BCUT2D eigenvalue weighted by atomic mass is 9.59. The lowest BCUT2D eigenvalue weighted by Gasteiger charge is -2.58. The Morgan fingerprint density at radius 2 is 2.00 bits per heavy atom. The molecule has 1 aromatic carbocycles. The van der Waals surface area contributed by atoms with E-state index in [0.29, 0.717) is 5.56 Å². The number of rotatable bonds is 4. The molecule has 5 heteroatoms. The first-order chi connectivity index (χ1) is 9.21. The van der Waals surface area contributed by atoms with Gasteiger partial charge in [0.05, 0.1) is 11.7 Å². The Hall–Kier alpha value is -1.62. The molecule has 19 heavy (non-hydrogen) atoms. The minimum Gasteiger partial charge on any atom is -0.459 e. The normalized spacial score (nSPS) is 21.3. The number of ether oxygens (including phenoxy) is 1. The summed E-state index contributed by atoms with van der Waals surface area (Å²) in [7, 11) is 1.58. The van der Waals surface area contributed by atoms with Gasteiger partial charge in [-0.25, -0.2) is 4.79 Å². The third-order valence-corrected chi connectivity index (χ3v) is 3.95. The Balaban J connectivity index is 1.45. The van der Waals surface area contributed by atoms with E-state index in [1.807, 2.05) is 23.0 Å². The Labute approximate surface area is 113 Å². The van der Waals surface area contributed by atoms with Crippen LogP contribution in [0.4, 0.5) is 0 Å². The largest absolute Gasteiger partial charge is 0.459 e. The van der Waals surface area contributed by atoms with Crippen LogP contribution in [0, 0.1) is 5.41 Å². The van der Waals surface area contributed by atoms with Crippen LogP contribution in [0.1, 0.15) is 23.2 Å². The van der Waals surface area contributed by atoms with E-state index in [1.54, 1.807) is 19.5 Å². The molecule has 1 radical (unpaired) electrons. The third-order valence-electron chi connectivity index (χ3n) is 3.95. The molecule has 4 nitrogen and oxygen atoms in total. The molecule has 2 fully saturated rings. The number of benzene rings is 1. The molecule has 2 aliphatic rings. The van der Waals surface area contributed by atoms with E-state index >= 15 is 0 Å². The number of hydrogen-bond acceptors (Lipinski definition) is 4. The van der Waals surface area contributed by atoms with Gasteiger partial charge in [-0.15, -0.1) is 0 Å². The molecule has 1 aliphatic heterocycles. The maximum atomic E-state index is 11.8. The van der Waals surface area contributed by atoms with Crippen LogP contribution < -0.4 is 0 Å². The first-order valence-electron chi connectivity index (χ1n) is 6.50. The van der Waals surface area contributed by atoms with Crippen molar-refractivity contribution in [2.75, 3.05) is 13.1 Å². The minimum atomic E-state index is -0.240. The van der Waals surface area contributed by atoms with Crippen molar-refractivity contribution in [3.63, 3.8) is 0 Å². The number of carbonyl (C=O) groups is 2. The second-order valence-corrected chi connectivity index (χ2v) is 5.49. The van der Waals surface area contributed by atoms with Crippen molar-refractivity contribution in [2.24, 2.45) is 5.41 Å². The van der Waals surface area contributed by atoms with Crippen molar-refractivity contribution in [1.82, 2.24) is 4.81 Å². The van der Waals surface area contributed by atoms with Gasteiger partial charge >= 0.3 is 5.97 Å². The van der Waals surface area contributed by atoms with Crippen molar-refractivity contribution in [2.45, 2.75) is 18.9 Å². The van der Waals surface area contributed by atoms with E-state index < -0.39 is 0 Å². The van der Waals surface area contributed by atoms with Crippen LogP contribution in [0.5, 0.6) is 0 Å². The standard InChI is InChI=1S/C14H15BNO3/c17-10-15-16-8-14(9-16)6-12(7-14)19-13(18)11-4-2-1-3-5-11/h1-5,10,12H,6-9H2. The fraction of sp³-hybridized carbons (Fsp3) is 0.429. The highest BCUT2D eigenvalue weighted by Crippen LogP contribution is 2.49. The van der Waals surface area contributed by atoms with E-state index in [2.05, 4.69) is 0 Å². The van der Waals surface area contributed by atoms with Gasteiger partial charge in [0.2, 0.25) is 0 Å². The van der Waals surface area contributed by atoms with Crippen molar-refractivity contribution in [3.8, 4) is 0 Å². The SMILES string of the molecule is O=C[B]N1CC2(CC(OC(=O)c3ccccc3)C2)C1. The first kappa shape index (κ1) is 12.4. The van der Waals surface area contributed by atoms with Crippen molar-refractivity contribution in [3.05, 3.63) is 35.9 Å². The van der Waals surface area contributed by atoms with Gasteiger partial charge in [0.1, 0.15) is 6.10 Å². The molecule has 1 aliphatic carbocycles. The van der Waals surface area contributed by atoms with E-state index in [0.717, 1.165) is 32.1 Å². The van der Waals surface area contributed by atoms with Crippen LogP contribution in [-0.4, -0.2) is 43.6 Å². The Kier molecular flexibility index (Phi) is 3.15. The zero-order chi connectivity index (χ0) is 13.3. The summed E-state index contributed by atoms with van der Waals surface area (Å²) in [6.07, 6.45) is 2.67. The summed E-state index contributed by atoms with van der Waals surface area (Å²) in [4.78, 5) is 24.2. The molecule has 1 aromatic rings. The molecule has 0 atom stereocenters. The molecular formula is C14H15BNO3. The van der Waals surface area contributed by atoms with Crippen LogP contribution in [-0.2, 0) is 9.53 Å². The minimum absolute atomic E-state index is 0.0334. The monoisotopic (exact) mass is 256 g/mol. The predicted molar refractivity (Wildman–Crippen MR) is 71.4 cm³/mol. The summed E-state index contributed by atoms with van der Waals surface area (Å²) < 4.78 is 5.46. The molecule has 0 bridgehead atoms. The molecular weight excluding hydrogens is 241 g/mol. The van der Waals surface area contributed by atoms with Gasteiger partial charge in [-0.05, 0) is 38.1 Å². The van der Waals surface area contributed by atoms with E-state index in [-0.39, 0.29) is 17.5 Å². The second kappa shape index (κ2) is 4.81. The lowest BCUT2D eigenvalue weighted by molar-refractivity contribution is -0.106. The van der Waals surface area contributed by atoms with Crippen LogP contribution in [0.3, 0.4) is 0 Å². The quantitative estimate of drug-likeness (QED) is 0.460. The fourth-order valence-electron chi connectivity index (χ4n) is 3.05. The van der Waals surface area contributed by atoms with E-state index in [1.165, 1.54) is 0 Å². The maximum absolute atomic E-state index is 11.8. The number of esters is 1. The molecule has 1 saturated carbocycles. The van der Waals surface area contributed by atoms with Crippen molar-refractivity contribution < 1.29 is 14.3 Å². The molecule has 0 amide bonds. The van der Waals surface area contributed by atoms with Crippen LogP contribution >= 0.6 is 0 Å². The van der Waals surface area contributed by atoms with E-state index in [9.17, 15) is 9.59 Å². The highest BCUT2D eigenvalue weighted by molar-refractivity contribution is 6.64. The molecule has 3 rings (SSSR count). The predicted octanol–water partition coefficient (Wildman–Crippen LogP) is 1.12. The van der Waals surface area contributed by atoms with Crippen molar-refractivity contribution in [1.29, 1.82) is 0 Å². The zero-order valence-corrected chi connectivity index (χ0v) is 10.6. The van der Waals surface area contributed by atoms with E-state index in [4.69, 9.17) is 4.74 Å². The molecule has 0 aromatic heterocycles. The molecule has 1 saturated heterocycles. The summed E-state index contributed by atoms with van der Waals surface area (Å²) in [6, 6.07) is 9.07. The van der Waals surface area contributed by atoms with Gasteiger partial charge in [-0.3, -0.25) is 0 Å². The topological polar surface area (TPSA) is 46.6 Å². The zero-order valence-electron chi connectivity index (χ0n) is 10.6. The Bertz CT molecular complexity index is 477. The van der Waals surface area contributed by atoms with Crippen molar-refractivity contribution >= 4 is 19.6 Å². The summed E-state index contributed by atoms with van der Waals surface area (Å²) in [6.45, 7) is 1.82. The lowest BCUT2D eigenvalue weighted by Crippen LogP contribution is -2.65. The highest BCUT2D eigenvalue weighted by atomic mass is 16.5. The average molecular weight is 256 g/mol. The Morgan fingerprint density at radius 3 is 2.63 bits per heavy atom. The van der Waals surface area contributed by atoms with Gasteiger partial charge in [-0.2, -0.15) is 0 Å². The maximum Gasteiger partial charge on any atom is 0.338 e. The number of hydrogen-bond donors (Lipinski definition) is 0. The summed E-state index contributed by atoms with van der Waals surface area (Å²) in [5.41, 5.74) is 0.884. The number of nitrogens with zero attached hydrogens (tertiary/aromatic N) is 1. The number of carbonyl (C=O) groups excluding carboxylic acids is 2. The highest BCUT2D eigenvalue weighted by Gasteiger charge is 2.53. The smallest absolute Gasteiger partial charge is 0.338 e. The van der Waals surface area contributed by atoms with Gasteiger partial charge in [0.15, 0.2) is 0 Å². The van der Waals surface area contributed by atoms with Crippen LogP contribution in [0.25, 0.3) is 0 Å². The van der Waals surface area contributed by atoms with Gasteiger partial charge < -0.3 is 14.3 Å². The summed E-state index contributed by atoms with van der Waals surface area (Å²) >= 11 is 0. The van der Waals surface area contributed by atoms with Crippen LogP contribution in [0.2, 0.25) is 0 Å². The molecule has 0 N–H and O–H groups in total. The summed E-state index contributed by atoms with van der Waals surface area (Å²) in [5.74, 6) is -0.240. The third kappa shape index (κ3) is 2.43. The molecule has 1 spiro atoms. The average Bonchev–Trinajstić information content (AvgIpc) is 2.34. The van der Waals surface area contributed by atoms with Gasteiger partial charge in [-0.1, -0.05) is 18.2 Å². The molecule has 1 heterocycles. The molecule has 97 valence electrons. The van der Waals surface area contributed by atoms with Gasteiger partial charge in [0.25, 0.3) is 7.41 Å². The van der Waals surface area contributed by atoms with Gasteiger partial charge in [0, 0.05) is 5.41 Å². The Morgan fingerprint density at radius 1 is 1.32 bits per heavy atom. The first-order valence-corrected chi connectivity index (χ1v) is 6.50. The van der Waals surface area contributed by atoms with Crippen LogP contribution in [0.15, 0.2) is 30.3 Å².